The zero-order valence-electron chi connectivity index (χ0n) is 16.4. The van der Waals surface area contributed by atoms with Crippen molar-refractivity contribution in [3.05, 3.63) is 72.3 Å². The van der Waals surface area contributed by atoms with Gasteiger partial charge in [-0.25, -0.2) is 0 Å². The van der Waals surface area contributed by atoms with Gasteiger partial charge in [-0.05, 0) is 24.6 Å². The third-order valence-corrected chi connectivity index (χ3v) is 5.11. The number of anilines is 1. The van der Waals surface area contributed by atoms with E-state index in [0.717, 1.165) is 22.6 Å². The van der Waals surface area contributed by atoms with Crippen molar-refractivity contribution in [3.8, 4) is 5.75 Å². The normalized spacial score (nSPS) is 15.3. The van der Waals surface area contributed by atoms with Crippen LogP contribution >= 0.6 is 0 Å². The van der Waals surface area contributed by atoms with E-state index in [1.54, 1.807) is 22.9 Å². The second-order valence-electron chi connectivity index (χ2n) is 6.83. The van der Waals surface area contributed by atoms with E-state index in [1.807, 2.05) is 55.5 Å². The van der Waals surface area contributed by atoms with Crippen LogP contribution in [0.5, 0.6) is 5.75 Å². The first kappa shape index (κ1) is 19.7. The predicted octanol–water partition coefficient (Wildman–Crippen LogP) is 3.75. The zero-order valence-corrected chi connectivity index (χ0v) is 16.4. The van der Waals surface area contributed by atoms with Gasteiger partial charge in [-0.1, -0.05) is 49.1 Å². The van der Waals surface area contributed by atoms with E-state index in [2.05, 4.69) is 6.58 Å². The molecule has 0 saturated carbocycles. The molecule has 0 spiro atoms. The third-order valence-electron chi connectivity index (χ3n) is 5.11. The number of para-hydroxylation sites is 2. The molecule has 1 heterocycles. The first-order valence-corrected chi connectivity index (χ1v) is 9.52. The van der Waals surface area contributed by atoms with Gasteiger partial charge in [0.2, 0.25) is 11.8 Å². The lowest BCUT2D eigenvalue weighted by molar-refractivity contribution is -0.134. The number of benzene rings is 2. The number of nitrogens with zero attached hydrogens (tertiary/aromatic N) is 2. The molecule has 1 atom stereocenters. The van der Waals surface area contributed by atoms with Crippen molar-refractivity contribution in [2.24, 2.45) is 0 Å². The second-order valence-corrected chi connectivity index (χ2v) is 6.83. The van der Waals surface area contributed by atoms with Crippen LogP contribution < -0.4 is 9.64 Å². The summed E-state index contributed by atoms with van der Waals surface area (Å²) in [7, 11) is 1.76. The van der Waals surface area contributed by atoms with E-state index in [9.17, 15) is 9.59 Å². The summed E-state index contributed by atoms with van der Waals surface area (Å²) in [5.74, 6) is 0.260. The summed E-state index contributed by atoms with van der Waals surface area (Å²) in [5, 5.41) is 0. The summed E-state index contributed by atoms with van der Waals surface area (Å²) >= 11 is 0. The van der Waals surface area contributed by atoms with E-state index in [1.165, 1.54) is 0 Å². The number of fused-ring (bicyclic) bond motifs is 1. The number of amides is 2. The summed E-state index contributed by atoms with van der Waals surface area (Å²) < 4.78 is 5.71. The highest BCUT2D eigenvalue weighted by molar-refractivity contribution is 6.06. The van der Waals surface area contributed by atoms with Crippen molar-refractivity contribution in [1.29, 1.82) is 0 Å². The van der Waals surface area contributed by atoms with Crippen molar-refractivity contribution < 1.29 is 14.3 Å². The lowest BCUT2D eigenvalue weighted by Gasteiger charge is -2.23. The smallest absolute Gasteiger partial charge is 0.234 e. The van der Waals surface area contributed by atoms with Gasteiger partial charge < -0.3 is 14.5 Å². The van der Waals surface area contributed by atoms with Gasteiger partial charge in [0, 0.05) is 37.8 Å². The molecule has 1 unspecified atom stereocenters. The Hall–Kier alpha value is -3.08. The average Bonchev–Trinajstić information content (AvgIpc) is 2.96. The molecule has 5 nitrogen and oxygen atoms in total. The first-order chi connectivity index (χ1) is 13.6. The maximum Gasteiger partial charge on any atom is 0.234 e. The van der Waals surface area contributed by atoms with E-state index < -0.39 is 5.92 Å². The standard InChI is InChI=1S/C23H26N2O3/c1-4-14-28-21-13-9-6-10-17(21)16-25(5-2)22(26)15-19-18-11-7-8-12-20(18)24(3)23(19)27/h4,6-13,19H,1,5,14-16H2,2-3H3. The van der Waals surface area contributed by atoms with Gasteiger partial charge in [0.05, 0.1) is 5.92 Å². The lowest BCUT2D eigenvalue weighted by Crippen LogP contribution is -2.33. The molecule has 2 aromatic carbocycles. The number of likely N-dealkylation sites (N-methyl/N-ethyl adjacent to an activating group) is 1. The number of hydrogen-bond donors (Lipinski definition) is 0. The molecule has 3 rings (SSSR count). The molecule has 0 aliphatic carbocycles. The van der Waals surface area contributed by atoms with E-state index in [4.69, 9.17) is 4.74 Å². The number of carbonyl (C=O) groups is 2. The van der Waals surface area contributed by atoms with Crippen LogP contribution in [-0.4, -0.2) is 36.9 Å². The zero-order chi connectivity index (χ0) is 20.1. The van der Waals surface area contributed by atoms with E-state index in [0.29, 0.717) is 19.7 Å². The highest BCUT2D eigenvalue weighted by Crippen LogP contribution is 2.38. The van der Waals surface area contributed by atoms with Crippen molar-refractivity contribution in [3.63, 3.8) is 0 Å². The summed E-state index contributed by atoms with van der Waals surface area (Å²) in [6.45, 7) is 7.04. The Kier molecular flexibility index (Phi) is 6.14. The number of carbonyl (C=O) groups excluding carboxylic acids is 2. The largest absolute Gasteiger partial charge is 0.489 e. The van der Waals surface area contributed by atoms with Crippen LogP contribution in [0.25, 0.3) is 0 Å². The summed E-state index contributed by atoms with van der Waals surface area (Å²) in [5.41, 5.74) is 2.75. The van der Waals surface area contributed by atoms with E-state index in [-0.39, 0.29) is 18.2 Å². The topological polar surface area (TPSA) is 49.9 Å². The molecule has 0 fully saturated rings. The maximum atomic E-state index is 13.0. The van der Waals surface area contributed by atoms with Gasteiger partial charge in [0.25, 0.3) is 0 Å². The molecule has 1 aliphatic rings. The Morgan fingerprint density at radius 2 is 1.93 bits per heavy atom. The summed E-state index contributed by atoms with van der Waals surface area (Å²) in [6, 6.07) is 15.4. The van der Waals surface area contributed by atoms with E-state index >= 15 is 0 Å². The van der Waals surface area contributed by atoms with Crippen LogP contribution in [0.4, 0.5) is 5.69 Å². The second kappa shape index (κ2) is 8.74. The van der Waals surface area contributed by atoms with Crippen molar-refractivity contribution in [2.75, 3.05) is 25.1 Å². The van der Waals surface area contributed by atoms with Gasteiger partial charge in [-0.2, -0.15) is 0 Å². The minimum absolute atomic E-state index is 0.0275. The van der Waals surface area contributed by atoms with Gasteiger partial charge in [0.15, 0.2) is 0 Å². The van der Waals surface area contributed by atoms with Gasteiger partial charge >= 0.3 is 0 Å². The van der Waals surface area contributed by atoms with Gasteiger partial charge in [0.1, 0.15) is 12.4 Å². The Morgan fingerprint density at radius 3 is 2.68 bits per heavy atom. The molecule has 2 aromatic rings. The quantitative estimate of drug-likeness (QED) is 0.658. The number of rotatable bonds is 8. The SMILES string of the molecule is C=CCOc1ccccc1CN(CC)C(=O)CC1C(=O)N(C)c2ccccc21. The summed E-state index contributed by atoms with van der Waals surface area (Å²) in [4.78, 5) is 29.1. The fourth-order valence-electron chi connectivity index (χ4n) is 3.58. The van der Waals surface area contributed by atoms with Crippen molar-refractivity contribution in [1.82, 2.24) is 4.90 Å². The van der Waals surface area contributed by atoms with Crippen molar-refractivity contribution >= 4 is 17.5 Å². The number of ether oxygens (including phenoxy) is 1. The Labute approximate surface area is 166 Å². The lowest BCUT2D eigenvalue weighted by atomic mass is 9.96. The Bertz CT molecular complexity index is 878. The molecular formula is C23H26N2O3. The minimum atomic E-state index is -0.421. The first-order valence-electron chi connectivity index (χ1n) is 9.52. The molecule has 5 heteroatoms. The third kappa shape index (κ3) is 3.93. The van der Waals surface area contributed by atoms with Gasteiger partial charge in [-0.3, -0.25) is 9.59 Å². The van der Waals surface area contributed by atoms with Crippen LogP contribution in [0.2, 0.25) is 0 Å². The fraction of sp³-hybridized carbons (Fsp3) is 0.304. The number of hydrogen-bond acceptors (Lipinski definition) is 3. The molecule has 2 amide bonds. The highest BCUT2D eigenvalue weighted by Gasteiger charge is 2.36. The average molecular weight is 378 g/mol. The van der Waals surface area contributed by atoms with Crippen molar-refractivity contribution in [2.45, 2.75) is 25.8 Å². The highest BCUT2D eigenvalue weighted by atomic mass is 16.5. The molecule has 0 N–H and O–H groups in total. The maximum absolute atomic E-state index is 13.0. The monoisotopic (exact) mass is 378 g/mol. The van der Waals surface area contributed by atoms with Gasteiger partial charge in [-0.15, -0.1) is 0 Å². The molecule has 0 radical (unpaired) electrons. The summed E-state index contributed by atoms with van der Waals surface area (Å²) in [6.07, 6.45) is 1.86. The van der Waals surface area contributed by atoms with Crippen LogP contribution in [0.3, 0.4) is 0 Å². The molecule has 146 valence electrons. The molecule has 0 saturated heterocycles. The molecule has 28 heavy (non-hydrogen) atoms. The molecule has 0 aromatic heterocycles. The molecular weight excluding hydrogens is 352 g/mol. The van der Waals surface area contributed by atoms with Crippen LogP contribution in [-0.2, 0) is 16.1 Å². The van der Waals surface area contributed by atoms with Crippen LogP contribution in [0.15, 0.2) is 61.2 Å². The predicted molar refractivity (Wildman–Crippen MR) is 110 cm³/mol. The Morgan fingerprint density at radius 1 is 1.21 bits per heavy atom. The Balaban J connectivity index is 1.75. The molecule has 0 bridgehead atoms. The fourth-order valence-corrected chi connectivity index (χ4v) is 3.58. The molecule has 1 aliphatic heterocycles. The van der Waals surface area contributed by atoms with Crippen LogP contribution in [0, 0.1) is 0 Å². The van der Waals surface area contributed by atoms with Crippen LogP contribution in [0.1, 0.15) is 30.4 Å². The minimum Gasteiger partial charge on any atom is -0.489 e.